The standard InChI is InChI=1S/C19H15FN4O/c1-11-6-13-3-2-12(10-24(13)9-11)18-22-19(25-23-18)16-7-15(16)14-4-5-21-8-17(14)20/h2-6,8-10,15-16H,7H2,1H3/t15-,16+/m0/s1. The van der Waals surface area contributed by atoms with E-state index in [1.807, 2.05) is 22.7 Å². The van der Waals surface area contributed by atoms with Gasteiger partial charge in [0, 0.05) is 35.6 Å². The van der Waals surface area contributed by atoms with E-state index in [4.69, 9.17) is 4.52 Å². The van der Waals surface area contributed by atoms with Crippen molar-refractivity contribution in [3.63, 3.8) is 0 Å². The van der Waals surface area contributed by atoms with Crippen molar-refractivity contribution < 1.29 is 8.91 Å². The van der Waals surface area contributed by atoms with E-state index in [2.05, 4.69) is 34.3 Å². The zero-order valence-electron chi connectivity index (χ0n) is 13.6. The van der Waals surface area contributed by atoms with E-state index in [-0.39, 0.29) is 17.7 Å². The largest absolute Gasteiger partial charge is 0.339 e. The fourth-order valence-corrected chi connectivity index (χ4v) is 3.39. The molecule has 5 rings (SSSR count). The SMILES string of the molecule is Cc1cc2ccc(-c3noc([C@@H]4C[C@H]4c4ccncc4F)n3)cn2c1. The van der Waals surface area contributed by atoms with E-state index < -0.39 is 0 Å². The molecule has 124 valence electrons. The van der Waals surface area contributed by atoms with Crippen LogP contribution < -0.4 is 0 Å². The maximum Gasteiger partial charge on any atom is 0.230 e. The van der Waals surface area contributed by atoms with Gasteiger partial charge in [-0.1, -0.05) is 5.16 Å². The molecule has 1 fully saturated rings. The molecule has 0 aliphatic heterocycles. The predicted molar refractivity (Wildman–Crippen MR) is 89.7 cm³/mol. The zero-order chi connectivity index (χ0) is 17.0. The maximum absolute atomic E-state index is 13.9. The van der Waals surface area contributed by atoms with E-state index in [1.165, 1.54) is 11.8 Å². The van der Waals surface area contributed by atoms with E-state index in [1.54, 1.807) is 12.3 Å². The third-order valence-corrected chi connectivity index (χ3v) is 4.74. The van der Waals surface area contributed by atoms with E-state index in [9.17, 15) is 4.39 Å². The predicted octanol–water partition coefficient (Wildman–Crippen LogP) is 4.10. The van der Waals surface area contributed by atoms with Crippen LogP contribution in [0.1, 0.15) is 35.3 Å². The Morgan fingerprint density at radius 2 is 2.12 bits per heavy atom. The van der Waals surface area contributed by atoms with Crippen LogP contribution in [-0.2, 0) is 0 Å². The molecule has 4 aromatic heterocycles. The summed E-state index contributed by atoms with van der Waals surface area (Å²) in [4.78, 5) is 8.33. The van der Waals surface area contributed by atoms with Gasteiger partial charge in [-0.25, -0.2) is 4.39 Å². The van der Waals surface area contributed by atoms with Crippen LogP contribution in [0, 0.1) is 12.7 Å². The summed E-state index contributed by atoms with van der Waals surface area (Å²) >= 11 is 0. The molecule has 4 aromatic rings. The number of aryl methyl sites for hydroxylation is 1. The molecule has 0 unspecified atom stereocenters. The van der Waals surface area contributed by atoms with Crippen molar-refractivity contribution in [2.24, 2.45) is 0 Å². The molecule has 6 heteroatoms. The monoisotopic (exact) mass is 334 g/mol. The Bertz CT molecular complexity index is 1080. The summed E-state index contributed by atoms with van der Waals surface area (Å²) in [6, 6.07) is 7.85. The van der Waals surface area contributed by atoms with Gasteiger partial charge in [0.2, 0.25) is 11.7 Å². The molecule has 1 aliphatic carbocycles. The highest BCUT2D eigenvalue weighted by Gasteiger charge is 2.45. The van der Waals surface area contributed by atoms with Crippen LogP contribution >= 0.6 is 0 Å². The first-order valence-corrected chi connectivity index (χ1v) is 8.21. The van der Waals surface area contributed by atoms with Gasteiger partial charge in [0.05, 0.1) is 6.20 Å². The number of aromatic nitrogens is 4. The number of pyridine rings is 2. The van der Waals surface area contributed by atoms with Crippen molar-refractivity contribution in [1.82, 2.24) is 19.5 Å². The van der Waals surface area contributed by atoms with Gasteiger partial charge in [-0.3, -0.25) is 4.98 Å². The third kappa shape index (κ3) is 2.41. The average Bonchev–Trinajstić information content (AvgIpc) is 3.07. The number of hydrogen-bond acceptors (Lipinski definition) is 4. The molecule has 2 atom stereocenters. The Kier molecular flexibility index (Phi) is 3.00. The number of fused-ring (bicyclic) bond motifs is 1. The Morgan fingerprint density at radius 1 is 1.20 bits per heavy atom. The molecule has 0 aromatic carbocycles. The highest BCUT2D eigenvalue weighted by atomic mass is 19.1. The van der Waals surface area contributed by atoms with Crippen LogP contribution in [0.3, 0.4) is 0 Å². The molecule has 1 saturated carbocycles. The molecule has 5 nitrogen and oxygen atoms in total. The van der Waals surface area contributed by atoms with E-state index in [0.29, 0.717) is 17.3 Å². The van der Waals surface area contributed by atoms with Crippen molar-refractivity contribution in [2.45, 2.75) is 25.2 Å². The summed E-state index contributed by atoms with van der Waals surface area (Å²) < 4.78 is 21.4. The van der Waals surface area contributed by atoms with Gasteiger partial charge in [-0.2, -0.15) is 4.98 Å². The first-order chi connectivity index (χ1) is 12.2. The molecule has 1 aliphatic rings. The number of halogens is 1. The lowest BCUT2D eigenvalue weighted by Crippen LogP contribution is -1.91. The van der Waals surface area contributed by atoms with Crippen molar-refractivity contribution in [1.29, 1.82) is 0 Å². The van der Waals surface area contributed by atoms with Crippen LogP contribution in [0.25, 0.3) is 16.9 Å². The quantitative estimate of drug-likeness (QED) is 0.566. The molecule has 0 bridgehead atoms. The maximum atomic E-state index is 13.9. The first kappa shape index (κ1) is 14.3. The minimum absolute atomic E-state index is 0.0794. The first-order valence-electron chi connectivity index (χ1n) is 8.21. The third-order valence-electron chi connectivity index (χ3n) is 4.74. The van der Waals surface area contributed by atoms with Gasteiger partial charge in [0.25, 0.3) is 0 Å². The highest BCUT2D eigenvalue weighted by Crippen LogP contribution is 2.54. The highest BCUT2D eigenvalue weighted by molar-refractivity contribution is 5.60. The molecule has 0 radical (unpaired) electrons. The molecule has 0 N–H and O–H groups in total. The second-order valence-electron chi connectivity index (χ2n) is 6.57. The Hall–Kier alpha value is -3.02. The van der Waals surface area contributed by atoms with Crippen molar-refractivity contribution >= 4 is 5.52 Å². The van der Waals surface area contributed by atoms with Gasteiger partial charge in [0.1, 0.15) is 5.82 Å². The summed E-state index contributed by atoms with van der Waals surface area (Å²) in [6.07, 6.45) is 7.73. The second kappa shape index (κ2) is 5.24. The molecule has 0 amide bonds. The minimum atomic E-state index is -0.275. The fourth-order valence-electron chi connectivity index (χ4n) is 3.39. The fraction of sp³-hybridized carbons (Fsp3) is 0.211. The number of nitrogens with zero attached hydrogens (tertiary/aromatic N) is 4. The van der Waals surface area contributed by atoms with Crippen molar-refractivity contribution in [3.05, 3.63) is 71.9 Å². The molecular formula is C19H15FN4O. The molecule has 0 spiro atoms. The Balaban J connectivity index is 1.43. The Labute approximate surface area is 143 Å². The van der Waals surface area contributed by atoms with Crippen LogP contribution in [0.15, 0.2) is 53.6 Å². The summed E-state index contributed by atoms with van der Waals surface area (Å²) in [6.45, 7) is 2.06. The van der Waals surface area contributed by atoms with Gasteiger partial charge < -0.3 is 8.92 Å². The van der Waals surface area contributed by atoms with Crippen LogP contribution in [0.5, 0.6) is 0 Å². The normalized spacial score (nSPS) is 19.4. The molecule has 0 saturated heterocycles. The lowest BCUT2D eigenvalue weighted by molar-refractivity contribution is 0.378. The lowest BCUT2D eigenvalue weighted by atomic mass is 10.1. The topological polar surface area (TPSA) is 56.2 Å². The average molecular weight is 334 g/mol. The summed E-state index contributed by atoms with van der Waals surface area (Å²) in [5, 5.41) is 4.11. The van der Waals surface area contributed by atoms with E-state index in [0.717, 1.165) is 17.5 Å². The van der Waals surface area contributed by atoms with Gasteiger partial charge in [0.15, 0.2) is 0 Å². The lowest BCUT2D eigenvalue weighted by Gasteiger charge is -1.99. The number of hydrogen-bond donors (Lipinski definition) is 0. The molecule has 4 heterocycles. The Morgan fingerprint density at radius 3 is 3.00 bits per heavy atom. The van der Waals surface area contributed by atoms with Gasteiger partial charge >= 0.3 is 0 Å². The number of rotatable bonds is 3. The van der Waals surface area contributed by atoms with Crippen LogP contribution in [0.2, 0.25) is 0 Å². The van der Waals surface area contributed by atoms with Crippen molar-refractivity contribution in [3.8, 4) is 11.4 Å². The minimum Gasteiger partial charge on any atom is -0.339 e. The van der Waals surface area contributed by atoms with Crippen LogP contribution in [-0.4, -0.2) is 19.5 Å². The summed E-state index contributed by atoms with van der Waals surface area (Å²) in [7, 11) is 0. The summed E-state index contributed by atoms with van der Waals surface area (Å²) in [5.41, 5.74) is 3.89. The van der Waals surface area contributed by atoms with Crippen LogP contribution in [0.4, 0.5) is 4.39 Å². The van der Waals surface area contributed by atoms with Gasteiger partial charge in [-0.05, 0) is 54.7 Å². The smallest absolute Gasteiger partial charge is 0.230 e. The van der Waals surface area contributed by atoms with Crippen molar-refractivity contribution in [2.75, 3.05) is 0 Å². The summed E-state index contributed by atoms with van der Waals surface area (Å²) in [5.74, 6) is 1.02. The van der Waals surface area contributed by atoms with E-state index >= 15 is 0 Å². The van der Waals surface area contributed by atoms with Gasteiger partial charge in [-0.15, -0.1) is 0 Å². The molecule has 25 heavy (non-hydrogen) atoms. The zero-order valence-corrected chi connectivity index (χ0v) is 13.6. The molecular weight excluding hydrogens is 319 g/mol. The second-order valence-corrected chi connectivity index (χ2v) is 6.57.